The highest BCUT2D eigenvalue weighted by Crippen LogP contribution is 2.43. The van der Waals surface area contributed by atoms with E-state index in [1.807, 2.05) is 0 Å². The summed E-state index contributed by atoms with van der Waals surface area (Å²) in [6.07, 6.45) is 41.1. The Morgan fingerprint density at radius 1 is 0.620 bits per heavy atom. The van der Waals surface area contributed by atoms with Crippen molar-refractivity contribution in [1.29, 1.82) is 0 Å². The number of phosphoric ester groups is 1. The smallest absolute Gasteiger partial charge is 0.462 e. The van der Waals surface area contributed by atoms with Crippen LogP contribution in [0.5, 0.6) is 0 Å². The van der Waals surface area contributed by atoms with Gasteiger partial charge in [0.05, 0.1) is 13.2 Å². The fourth-order valence-corrected chi connectivity index (χ4v) is 5.56. The van der Waals surface area contributed by atoms with Crippen LogP contribution in [0.1, 0.15) is 149 Å². The molecular formula is C40H70NO8P. The lowest BCUT2D eigenvalue weighted by Gasteiger charge is -2.19. The number of rotatable bonds is 35. The van der Waals surface area contributed by atoms with Crippen LogP contribution in [0.15, 0.2) is 60.8 Å². The number of carbonyl (C=O) groups is 2. The summed E-state index contributed by atoms with van der Waals surface area (Å²) in [6.45, 7) is 3.52. The predicted molar refractivity (Wildman–Crippen MR) is 206 cm³/mol. The van der Waals surface area contributed by atoms with Crippen molar-refractivity contribution < 1.29 is 37.6 Å². The molecule has 0 amide bonds. The number of allylic oxidation sites excluding steroid dienone is 10. The molecule has 0 aromatic carbocycles. The van der Waals surface area contributed by atoms with Crippen LogP contribution in [-0.4, -0.2) is 49.3 Å². The lowest BCUT2D eigenvalue weighted by Crippen LogP contribution is -2.29. The number of phosphoric acid groups is 1. The highest BCUT2D eigenvalue weighted by atomic mass is 31.2. The standard InChI is InChI=1S/C40H70NO8P/c1-3-5-7-9-11-13-15-17-19-21-22-24-26-28-30-32-39(42)46-36-38(37-48-50(44,45)47-35-34-41)49-40(43)33-31-29-27-25-23-20-18-16-14-12-10-8-6-4-2/h5,7,11,13,16-19,22,24,38H,3-4,6,8-10,12,14-15,20-21,23,25-37,41H2,1-2H3,(H,44,45)/b7-5+,13-11+,18-16+,19-17+,24-22+/t38-/m1/s1. The fraction of sp³-hybridized carbons (Fsp3) is 0.700. The van der Waals surface area contributed by atoms with Gasteiger partial charge in [-0.25, -0.2) is 4.57 Å². The Labute approximate surface area is 304 Å². The third-order valence-electron chi connectivity index (χ3n) is 7.64. The van der Waals surface area contributed by atoms with Crippen LogP contribution in [0.4, 0.5) is 0 Å². The molecule has 0 saturated carbocycles. The molecule has 50 heavy (non-hydrogen) atoms. The number of hydrogen-bond acceptors (Lipinski definition) is 8. The van der Waals surface area contributed by atoms with Gasteiger partial charge in [-0.3, -0.25) is 18.6 Å². The molecule has 0 spiro atoms. The molecule has 10 heteroatoms. The van der Waals surface area contributed by atoms with Crippen molar-refractivity contribution in [2.75, 3.05) is 26.4 Å². The number of ether oxygens (including phenoxy) is 2. The van der Waals surface area contributed by atoms with Crippen molar-refractivity contribution in [3.05, 3.63) is 60.8 Å². The minimum Gasteiger partial charge on any atom is -0.462 e. The van der Waals surface area contributed by atoms with E-state index in [1.54, 1.807) is 0 Å². The second kappa shape index (κ2) is 36.5. The summed E-state index contributed by atoms with van der Waals surface area (Å²) in [5, 5.41) is 0. The fourth-order valence-electron chi connectivity index (χ4n) is 4.79. The van der Waals surface area contributed by atoms with E-state index in [2.05, 4.69) is 74.6 Å². The third kappa shape index (κ3) is 35.5. The van der Waals surface area contributed by atoms with Gasteiger partial charge in [0.25, 0.3) is 0 Å². The van der Waals surface area contributed by atoms with E-state index in [0.717, 1.165) is 70.6 Å². The molecule has 2 atom stereocenters. The number of esters is 2. The maximum atomic E-state index is 12.5. The van der Waals surface area contributed by atoms with Gasteiger partial charge in [-0.05, 0) is 77.0 Å². The van der Waals surface area contributed by atoms with Crippen LogP contribution in [0, 0.1) is 0 Å². The Bertz CT molecular complexity index is 1010. The summed E-state index contributed by atoms with van der Waals surface area (Å²) < 4.78 is 32.6. The van der Waals surface area contributed by atoms with Gasteiger partial charge in [-0.15, -0.1) is 0 Å². The summed E-state index contributed by atoms with van der Waals surface area (Å²) >= 11 is 0. The van der Waals surface area contributed by atoms with Crippen LogP contribution in [0.2, 0.25) is 0 Å². The van der Waals surface area contributed by atoms with Gasteiger partial charge < -0.3 is 20.1 Å². The molecule has 3 N–H and O–H groups in total. The second-order valence-corrected chi connectivity index (χ2v) is 13.9. The summed E-state index contributed by atoms with van der Waals surface area (Å²) in [6, 6.07) is 0. The lowest BCUT2D eigenvalue weighted by atomic mass is 10.1. The predicted octanol–water partition coefficient (Wildman–Crippen LogP) is 10.5. The molecule has 0 aliphatic carbocycles. The van der Waals surface area contributed by atoms with Gasteiger partial charge >= 0.3 is 19.8 Å². The molecule has 9 nitrogen and oxygen atoms in total. The maximum Gasteiger partial charge on any atom is 0.472 e. The van der Waals surface area contributed by atoms with Crippen molar-refractivity contribution in [1.82, 2.24) is 0 Å². The zero-order valence-corrected chi connectivity index (χ0v) is 32.3. The molecule has 0 aromatic rings. The molecule has 0 fully saturated rings. The normalized spacial score (nSPS) is 14.1. The van der Waals surface area contributed by atoms with E-state index in [-0.39, 0.29) is 32.6 Å². The first-order chi connectivity index (χ1) is 24.3. The Kier molecular flexibility index (Phi) is 34.8. The first-order valence-electron chi connectivity index (χ1n) is 19.3. The number of carbonyl (C=O) groups excluding carboxylic acids is 2. The molecule has 0 aromatic heterocycles. The molecular weight excluding hydrogens is 653 g/mol. The molecule has 0 aliphatic heterocycles. The highest BCUT2D eigenvalue weighted by molar-refractivity contribution is 7.47. The van der Waals surface area contributed by atoms with Crippen LogP contribution in [0.3, 0.4) is 0 Å². The van der Waals surface area contributed by atoms with E-state index >= 15 is 0 Å². The largest absolute Gasteiger partial charge is 0.472 e. The van der Waals surface area contributed by atoms with E-state index in [9.17, 15) is 19.0 Å². The molecule has 288 valence electrons. The maximum absolute atomic E-state index is 12.5. The van der Waals surface area contributed by atoms with Crippen molar-refractivity contribution in [3.63, 3.8) is 0 Å². The number of nitrogens with two attached hydrogens (primary N) is 1. The number of unbranched alkanes of at least 4 members (excludes halogenated alkanes) is 12. The van der Waals surface area contributed by atoms with Crippen LogP contribution >= 0.6 is 7.82 Å². The van der Waals surface area contributed by atoms with Crippen molar-refractivity contribution in [3.8, 4) is 0 Å². The molecule has 0 heterocycles. The SMILES string of the molecule is CC/C=C/C/C=C/C/C=C/C/C=C/CCCCC(=O)OC[C@H](COP(=O)(O)OCCN)OC(=O)CCCCCCC/C=C/CCCCCCC. The Morgan fingerprint density at radius 2 is 1.10 bits per heavy atom. The lowest BCUT2D eigenvalue weighted by molar-refractivity contribution is -0.161. The minimum atomic E-state index is -4.38. The molecule has 1 unspecified atom stereocenters. The van der Waals surface area contributed by atoms with Crippen molar-refractivity contribution in [2.24, 2.45) is 5.73 Å². The monoisotopic (exact) mass is 723 g/mol. The summed E-state index contributed by atoms with van der Waals surface area (Å²) in [4.78, 5) is 34.7. The van der Waals surface area contributed by atoms with Gasteiger partial charge in [0.2, 0.25) is 0 Å². The van der Waals surface area contributed by atoms with Crippen LogP contribution in [0.25, 0.3) is 0 Å². The zero-order chi connectivity index (χ0) is 36.8. The van der Waals surface area contributed by atoms with E-state index in [0.29, 0.717) is 12.8 Å². The highest BCUT2D eigenvalue weighted by Gasteiger charge is 2.25. The zero-order valence-electron chi connectivity index (χ0n) is 31.4. The van der Waals surface area contributed by atoms with Gasteiger partial charge in [0.15, 0.2) is 6.10 Å². The molecule has 0 aliphatic rings. The minimum absolute atomic E-state index is 0.0438. The van der Waals surface area contributed by atoms with E-state index in [4.69, 9.17) is 24.3 Å². The first-order valence-corrected chi connectivity index (χ1v) is 20.8. The second-order valence-electron chi connectivity index (χ2n) is 12.4. The average Bonchev–Trinajstić information content (AvgIpc) is 3.10. The molecule has 0 saturated heterocycles. The Balaban J connectivity index is 4.32. The molecule has 0 bridgehead atoms. The third-order valence-corrected chi connectivity index (χ3v) is 8.62. The van der Waals surface area contributed by atoms with Gasteiger partial charge in [0, 0.05) is 19.4 Å². The van der Waals surface area contributed by atoms with Crippen LogP contribution in [-0.2, 0) is 32.7 Å². The topological polar surface area (TPSA) is 134 Å². The molecule has 0 rings (SSSR count). The van der Waals surface area contributed by atoms with E-state index < -0.39 is 32.5 Å². The van der Waals surface area contributed by atoms with Crippen molar-refractivity contribution >= 4 is 19.8 Å². The van der Waals surface area contributed by atoms with Gasteiger partial charge in [0.1, 0.15) is 6.61 Å². The summed E-state index contributed by atoms with van der Waals surface area (Å²) in [7, 11) is -4.38. The molecule has 0 radical (unpaired) electrons. The first kappa shape index (κ1) is 47.7. The summed E-state index contributed by atoms with van der Waals surface area (Å²) in [5.74, 6) is -0.894. The number of hydrogen-bond donors (Lipinski definition) is 2. The van der Waals surface area contributed by atoms with Crippen LogP contribution < -0.4 is 5.73 Å². The van der Waals surface area contributed by atoms with Gasteiger partial charge in [-0.1, -0.05) is 120 Å². The summed E-state index contributed by atoms with van der Waals surface area (Å²) in [5.41, 5.74) is 5.33. The van der Waals surface area contributed by atoms with Crippen molar-refractivity contribution in [2.45, 2.75) is 155 Å². The Hall–Kier alpha value is -2.29. The van der Waals surface area contributed by atoms with E-state index in [1.165, 1.54) is 38.5 Å². The quantitative estimate of drug-likeness (QED) is 0.0283. The van der Waals surface area contributed by atoms with Gasteiger partial charge in [-0.2, -0.15) is 0 Å². The average molecular weight is 724 g/mol. The Morgan fingerprint density at radius 3 is 1.70 bits per heavy atom.